The van der Waals surface area contributed by atoms with E-state index in [0.717, 1.165) is 28.5 Å². The summed E-state index contributed by atoms with van der Waals surface area (Å²) in [4.78, 5) is 15.3. The minimum Gasteiger partial charge on any atom is -0.451 e. The number of benzene rings is 2. The molecule has 1 aliphatic rings. The van der Waals surface area contributed by atoms with Gasteiger partial charge >= 0.3 is 0 Å². The summed E-state index contributed by atoms with van der Waals surface area (Å²) in [5, 5.41) is 0.912. The second kappa shape index (κ2) is 7.91. The zero-order valence-electron chi connectivity index (χ0n) is 17.6. The smallest absolute Gasteiger partial charge is 0.290 e. The Bertz CT molecular complexity index is 1190. The molecule has 2 heterocycles. The van der Waals surface area contributed by atoms with Gasteiger partial charge in [0.1, 0.15) is 5.58 Å². The van der Waals surface area contributed by atoms with E-state index in [4.69, 9.17) is 4.42 Å². The number of carbonyl (C=O) groups is 1. The second-order valence-electron chi connectivity index (χ2n) is 8.22. The quantitative estimate of drug-likeness (QED) is 0.606. The lowest BCUT2D eigenvalue weighted by molar-refractivity contribution is 0.0649. The lowest BCUT2D eigenvalue weighted by atomic mass is 10.1. The fourth-order valence-electron chi connectivity index (χ4n) is 4.13. The van der Waals surface area contributed by atoms with Crippen LogP contribution in [-0.4, -0.2) is 36.8 Å². The summed E-state index contributed by atoms with van der Waals surface area (Å²) in [6, 6.07) is 13.7. The van der Waals surface area contributed by atoms with Crippen molar-refractivity contribution in [1.29, 1.82) is 0 Å². The van der Waals surface area contributed by atoms with Crippen molar-refractivity contribution in [2.45, 2.75) is 46.2 Å². The molecule has 5 nitrogen and oxygen atoms in total. The predicted octanol–water partition coefficient (Wildman–Crippen LogP) is 4.44. The number of aryl methyl sites for hydroxylation is 3. The second-order valence-corrected chi connectivity index (χ2v) is 10.4. The molecule has 0 N–H and O–H groups in total. The molecule has 0 aliphatic carbocycles. The Kier molecular flexibility index (Phi) is 5.45. The number of furan rings is 1. The average molecular weight is 426 g/mol. The number of amides is 1. The lowest BCUT2D eigenvalue weighted by Crippen LogP contribution is -2.40. The normalized spacial score (nSPS) is 18.0. The maximum absolute atomic E-state index is 13.6. The van der Waals surface area contributed by atoms with Gasteiger partial charge in [-0.3, -0.25) is 4.79 Å². The van der Waals surface area contributed by atoms with Crippen LogP contribution in [0.4, 0.5) is 0 Å². The summed E-state index contributed by atoms with van der Waals surface area (Å²) in [7, 11) is -3.12. The highest BCUT2D eigenvalue weighted by Crippen LogP contribution is 2.29. The highest BCUT2D eigenvalue weighted by atomic mass is 32.2. The first-order chi connectivity index (χ1) is 14.3. The number of nitrogens with zero attached hydrogens (tertiary/aromatic N) is 1. The lowest BCUT2D eigenvalue weighted by Gasteiger charge is -2.28. The number of hydrogen-bond donors (Lipinski definition) is 0. The number of fused-ring (bicyclic) bond motifs is 1. The van der Waals surface area contributed by atoms with Gasteiger partial charge in [-0.1, -0.05) is 43.3 Å². The first kappa shape index (κ1) is 20.7. The Hall–Kier alpha value is -2.60. The van der Waals surface area contributed by atoms with E-state index in [1.54, 1.807) is 4.90 Å². The molecule has 2 aromatic carbocycles. The standard InChI is InChI=1S/C24H27NO4S/c1-4-18-6-8-19(9-7-18)14-25(20-11-12-30(27,28)15-20)24(26)23-17(3)21-10-5-16(2)13-22(21)29-23/h5-10,13,20H,4,11-12,14-15H2,1-3H3. The molecule has 1 aromatic heterocycles. The first-order valence-corrected chi connectivity index (χ1v) is 12.2. The summed E-state index contributed by atoms with van der Waals surface area (Å²) in [6.45, 7) is 6.32. The Labute approximate surface area is 177 Å². The Morgan fingerprint density at radius 3 is 2.43 bits per heavy atom. The van der Waals surface area contributed by atoms with Crippen LogP contribution in [0.25, 0.3) is 11.0 Å². The topological polar surface area (TPSA) is 67.6 Å². The van der Waals surface area contributed by atoms with Gasteiger partial charge in [0.15, 0.2) is 15.6 Å². The molecule has 0 radical (unpaired) electrons. The molecule has 1 atom stereocenters. The fraction of sp³-hybridized carbons (Fsp3) is 0.375. The van der Waals surface area contributed by atoms with Crippen LogP contribution in [-0.2, 0) is 22.8 Å². The van der Waals surface area contributed by atoms with E-state index in [1.165, 1.54) is 5.56 Å². The number of sulfone groups is 1. The maximum Gasteiger partial charge on any atom is 0.290 e. The van der Waals surface area contributed by atoms with Crippen LogP contribution in [0.5, 0.6) is 0 Å². The Morgan fingerprint density at radius 2 is 1.80 bits per heavy atom. The Morgan fingerprint density at radius 1 is 1.10 bits per heavy atom. The van der Waals surface area contributed by atoms with Crippen LogP contribution in [0.3, 0.4) is 0 Å². The molecule has 1 amide bonds. The summed E-state index contributed by atoms with van der Waals surface area (Å²) in [5.41, 5.74) is 4.74. The summed E-state index contributed by atoms with van der Waals surface area (Å²) >= 11 is 0. The van der Waals surface area contributed by atoms with Crippen LogP contribution in [0, 0.1) is 13.8 Å². The molecule has 158 valence electrons. The van der Waals surface area contributed by atoms with Crippen molar-refractivity contribution < 1.29 is 17.6 Å². The molecule has 1 unspecified atom stereocenters. The van der Waals surface area contributed by atoms with E-state index in [1.807, 2.05) is 44.2 Å². The number of rotatable bonds is 5. The van der Waals surface area contributed by atoms with E-state index in [-0.39, 0.29) is 23.5 Å². The van der Waals surface area contributed by atoms with Crippen molar-refractivity contribution in [2.75, 3.05) is 11.5 Å². The van der Waals surface area contributed by atoms with E-state index < -0.39 is 9.84 Å². The third kappa shape index (κ3) is 4.01. The van der Waals surface area contributed by atoms with Crippen LogP contribution < -0.4 is 0 Å². The maximum atomic E-state index is 13.6. The van der Waals surface area contributed by atoms with Gasteiger partial charge < -0.3 is 9.32 Å². The minimum atomic E-state index is -3.12. The van der Waals surface area contributed by atoms with Crippen LogP contribution in [0.1, 0.15) is 46.2 Å². The molecular weight excluding hydrogens is 398 g/mol. The molecule has 1 aliphatic heterocycles. The monoisotopic (exact) mass is 425 g/mol. The Balaban J connectivity index is 1.71. The van der Waals surface area contributed by atoms with Gasteiger partial charge in [-0.05, 0) is 49.4 Å². The fourth-order valence-corrected chi connectivity index (χ4v) is 5.86. The third-order valence-corrected chi connectivity index (χ3v) is 7.73. The zero-order valence-corrected chi connectivity index (χ0v) is 18.5. The molecule has 1 fully saturated rings. The van der Waals surface area contributed by atoms with Gasteiger partial charge in [-0.25, -0.2) is 8.42 Å². The van der Waals surface area contributed by atoms with Gasteiger partial charge in [0.2, 0.25) is 0 Å². The van der Waals surface area contributed by atoms with Crippen molar-refractivity contribution in [2.24, 2.45) is 0 Å². The highest BCUT2D eigenvalue weighted by Gasteiger charge is 2.36. The molecular formula is C24H27NO4S. The molecule has 30 heavy (non-hydrogen) atoms. The zero-order chi connectivity index (χ0) is 21.5. The molecule has 1 saturated heterocycles. The van der Waals surface area contributed by atoms with Crippen LogP contribution in [0.15, 0.2) is 46.9 Å². The third-order valence-electron chi connectivity index (χ3n) is 5.98. The van der Waals surface area contributed by atoms with E-state index >= 15 is 0 Å². The van der Waals surface area contributed by atoms with Gasteiger partial charge in [-0.15, -0.1) is 0 Å². The van der Waals surface area contributed by atoms with Crippen LogP contribution in [0.2, 0.25) is 0 Å². The molecule has 0 spiro atoms. The van der Waals surface area contributed by atoms with Crippen LogP contribution >= 0.6 is 0 Å². The van der Waals surface area contributed by atoms with Gasteiger partial charge in [0.25, 0.3) is 5.91 Å². The van der Waals surface area contributed by atoms with Gasteiger partial charge in [0.05, 0.1) is 11.5 Å². The summed E-state index contributed by atoms with van der Waals surface area (Å²) in [6.07, 6.45) is 1.40. The average Bonchev–Trinajstić information content (AvgIpc) is 3.24. The van der Waals surface area contributed by atoms with Crippen molar-refractivity contribution in [3.63, 3.8) is 0 Å². The SMILES string of the molecule is CCc1ccc(CN(C(=O)c2oc3cc(C)ccc3c2C)C2CCS(=O)(=O)C2)cc1. The molecule has 6 heteroatoms. The molecule has 0 bridgehead atoms. The van der Waals surface area contributed by atoms with Crippen molar-refractivity contribution >= 4 is 26.7 Å². The van der Waals surface area contributed by atoms with Crippen molar-refractivity contribution in [3.8, 4) is 0 Å². The molecule has 4 rings (SSSR count). The predicted molar refractivity (Wildman–Crippen MR) is 118 cm³/mol. The summed E-state index contributed by atoms with van der Waals surface area (Å²) < 4.78 is 30.2. The first-order valence-electron chi connectivity index (χ1n) is 10.4. The van der Waals surface area contributed by atoms with E-state index in [2.05, 4.69) is 19.1 Å². The molecule has 3 aromatic rings. The van der Waals surface area contributed by atoms with Crippen molar-refractivity contribution in [3.05, 3.63) is 70.5 Å². The van der Waals surface area contributed by atoms with Crippen molar-refractivity contribution in [1.82, 2.24) is 4.90 Å². The highest BCUT2D eigenvalue weighted by molar-refractivity contribution is 7.91. The minimum absolute atomic E-state index is 0.00413. The van der Waals surface area contributed by atoms with E-state index in [9.17, 15) is 13.2 Å². The van der Waals surface area contributed by atoms with Gasteiger partial charge in [0, 0.05) is 23.5 Å². The largest absolute Gasteiger partial charge is 0.451 e. The number of hydrogen-bond acceptors (Lipinski definition) is 4. The van der Waals surface area contributed by atoms with Gasteiger partial charge in [-0.2, -0.15) is 0 Å². The molecule has 0 saturated carbocycles. The van der Waals surface area contributed by atoms with E-state index in [0.29, 0.717) is 24.3 Å². The number of carbonyl (C=O) groups excluding carboxylic acids is 1. The summed E-state index contributed by atoms with van der Waals surface area (Å²) in [5.74, 6) is 0.173.